The lowest BCUT2D eigenvalue weighted by Crippen LogP contribution is -2.37. The molecule has 3 aromatic rings. The van der Waals surface area contributed by atoms with Gasteiger partial charge in [-0.05, 0) is 43.7 Å². The van der Waals surface area contributed by atoms with Gasteiger partial charge in [-0.1, -0.05) is 29.3 Å². The van der Waals surface area contributed by atoms with Crippen LogP contribution in [-0.4, -0.2) is 32.6 Å². The van der Waals surface area contributed by atoms with Crippen molar-refractivity contribution in [3.63, 3.8) is 0 Å². The van der Waals surface area contributed by atoms with Crippen LogP contribution in [0.25, 0.3) is 5.65 Å². The fourth-order valence-corrected chi connectivity index (χ4v) is 3.06. The van der Waals surface area contributed by atoms with Gasteiger partial charge in [-0.25, -0.2) is 4.79 Å². The maximum absolute atomic E-state index is 12.4. The molecule has 0 aliphatic carbocycles. The first-order valence-electron chi connectivity index (χ1n) is 8.11. The van der Waals surface area contributed by atoms with Gasteiger partial charge in [0.25, 0.3) is 5.91 Å². The van der Waals surface area contributed by atoms with Crippen molar-refractivity contribution in [3.8, 4) is 0 Å². The fourth-order valence-electron chi connectivity index (χ4n) is 2.49. The molecule has 0 aliphatic heterocycles. The first-order valence-corrected chi connectivity index (χ1v) is 8.86. The molecule has 0 bridgehead atoms. The number of aromatic nitrogens is 3. The highest BCUT2D eigenvalue weighted by molar-refractivity contribution is 6.35. The van der Waals surface area contributed by atoms with Crippen LogP contribution in [-0.2, 0) is 9.53 Å². The molecule has 2 aromatic heterocycles. The lowest BCUT2D eigenvalue weighted by atomic mass is 10.1. The lowest BCUT2D eigenvalue weighted by Gasteiger charge is -2.19. The number of rotatable bonds is 5. The third-order valence-corrected chi connectivity index (χ3v) is 4.53. The number of ether oxygens (including phenoxy) is 1. The Morgan fingerprint density at radius 3 is 2.70 bits per heavy atom. The summed E-state index contributed by atoms with van der Waals surface area (Å²) in [7, 11) is 0. The number of esters is 1. The monoisotopic (exact) mass is 406 g/mol. The summed E-state index contributed by atoms with van der Waals surface area (Å²) in [5.74, 6) is -1.06. The molecule has 27 heavy (non-hydrogen) atoms. The van der Waals surface area contributed by atoms with Crippen LogP contribution in [0.1, 0.15) is 35.8 Å². The van der Waals surface area contributed by atoms with Crippen LogP contribution in [0.4, 0.5) is 0 Å². The highest BCUT2D eigenvalue weighted by Gasteiger charge is 2.22. The number of fused-ring (bicyclic) bond motifs is 1. The van der Waals surface area contributed by atoms with Gasteiger partial charge in [0.15, 0.2) is 11.8 Å². The van der Waals surface area contributed by atoms with Gasteiger partial charge in [0.1, 0.15) is 6.33 Å². The van der Waals surface area contributed by atoms with Crippen LogP contribution < -0.4 is 5.32 Å². The van der Waals surface area contributed by atoms with Crippen molar-refractivity contribution in [2.24, 2.45) is 0 Å². The van der Waals surface area contributed by atoms with E-state index in [1.54, 1.807) is 47.9 Å². The summed E-state index contributed by atoms with van der Waals surface area (Å²) in [6.45, 7) is 3.28. The number of halogens is 2. The van der Waals surface area contributed by atoms with Crippen molar-refractivity contribution in [1.29, 1.82) is 0 Å². The average Bonchev–Trinajstić information content (AvgIpc) is 3.08. The number of carbonyl (C=O) groups excluding carboxylic acids is 2. The Balaban J connectivity index is 1.63. The van der Waals surface area contributed by atoms with E-state index in [2.05, 4.69) is 15.5 Å². The van der Waals surface area contributed by atoms with E-state index in [-0.39, 0.29) is 11.6 Å². The minimum Gasteiger partial charge on any atom is -0.449 e. The molecule has 1 amide bonds. The summed E-state index contributed by atoms with van der Waals surface area (Å²) in [4.78, 5) is 24.6. The Hall–Kier alpha value is -2.64. The second-order valence-corrected chi connectivity index (χ2v) is 6.80. The number of nitrogens with zero attached hydrogens (tertiary/aromatic N) is 3. The van der Waals surface area contributed by atoms with E-state index in [1.807, 2.05) is 0 Å². The van der Waals surface area contributed by atoms with Crippen LogP contribution in [0.2, 0.25) is 10.0 Å². The number of hydrogen-bond acceptors (Lipinski definition) is 5. The summed E-state index contributed by atoms with van der Waals surface area (Å²) in [6, 6.07) is 7.85. The van der Waals surface area contributed by atoms with E-state index >= 15 is 0 Å². The molecule has 0 fully saturated rings. The molecule has 2 heterocycles. The van der Waals surface area contributed by atoms with Gasteiger partial charge >= 0.3 is 5.97 Å². The third-order valence-electron chi connectivity index (χ3n) is 3.97. The lowest BCUT2D eigenvalue weighted by molar-refractivity contribution is -0.129. The van der Waals surface area contributed by atoms with Gasteiger partial charge in [0.2, 0.25) is 0 Å². The second kappa shape index (κ2) is 7.94. The normalized spacial score (nSPS) is 13.2. The maximum Gasteiger partial charge on any atom is 0.340 e. The number of amides is 1. The molecule has 140 valence electrons. The molecule has 0 spiro atoms. The van der Waals surface area contributed by atoms with Gasteiger partial charge in [-0.15, -0.1) is 10.2 Å². The van der Waals surface area contributed by atoms with E-state index in [1.165, 1.54) is 13.3 Å². The number of benzene rings is 1. The quantitative estimate of drug-likeness (QED) is 0.655. The highest BCUT2D eigenvalue weighted by atomic mass is 35.5. The zero-order valence-corrected chi connectivity index (χ0v) is 16.0. The Kier molecular flexibility index (Phi) is 5.62. The first-order chi connectivity index (χ1) is 12.8. The third kappa shape index (κ3) is 4.37. The van der Waals surface area contributed by atoms with Gasteiger partial charge < -0.3 is 10.1 Å². The van der Waals surface area contributed by atoms with Crippen LogP contribution in [0.5, 0.6) is 0 Å². The smallest absolute Gasteiger partial charge is 0.340 e. The Morgan fingerprint density at radius 2 is 1.96 bits per heavy atom. The Labute approximate surface area is 165 Å². The molecular weight excluding hydrogens is 391 g/mol. The van der Waals surface area contributed by atoms with E-state index in [0.717, 1.165) is 0 Å². The van der Waals surface area contributed by atoms with Crippen molar-refractivity contribution in [2.75, 3.05) is 0 Å². The molecule has 1 aromatic carbocycles. The van der Waals surface area contributed by atoms with Gasteiger partial charge in [-0.3, -0.25) is 9.20 Å². The molecule has 7 nitrogen and oxygen atoms in total. The minimum atomic E-state index is -0.984. The zero-order chi connectivity index (χ0) is 19.6. The predicted molar refractivity (Wildman–Crippen MR) is 101 cm³/mol. The molecule has 0 saturated heterocycles. The number of pyridine rings is 1. The van der Waals surface area contributed by atoms with Crippen molar-refractivity contribution < 1.29 is 14.3 Å². The summed E-state index contributed by atoms with van der Waals surface area (Å²) < 4.78 is 6.84. The first kappa shape index (κ1) is 19.1. The second-order valence-electron chi connectivity index (χ2n) is 5.96. The number of carbonyl (C=O) groups is 2. The average molecular weight is 407 g/mol. The standard InChI is InChI=1S/C18H16Cl2N4O3/c1-10(14-5-4-13(19)7-15(14)20)22-17(25)11(2)27-18(26)12-3-6-16-23-21-9-24(16)8-12/h3-11H,1-2H3,(H,22,25). The van der Waals surface area contributed by atoms with Gasteiger partial charge in [-0.2, -0.15) is 0 Å². The minimum absolute atomic E-state index is 0.288. The van der Waals surface area contributed by atoms with Gasteiger partial charge in [0, 0.05) is 16.2 Å². The fraction of sp³-hybridized carbons (Fsp3) is 0.222. The maximum atomic E-state index is 12.4. The van der Waals surface area contributed by atoms with E-state index < -0.39 is 18.0 Å². The van der Waals surface area contributed by atoms with E-state index in [4.69, 9.17) is 27.9 Å². The van der Waals surface area contributed by atoms with Crippen molar-refractivity contribution in [3.05, 3.63) is 64.0 Å². The molecular formula is C18H16Cl2N4O3. The van der Waals surface area contributed by atoms with Crippen LogP contribution in [0, 0.1) is 0 Å². The van der Waals surface area contributed by atoms with Crippen LogP contribution in [0.3, 0.4) is 0 Å². The Bertz CT molecular complexity index is 1010. The predicted octanol–water partition coefficient (Wildman–Crippen LogP) is 3.46. The molecule has 0 saturated carbocycles. The Morgan fingerprint density at radius 1 is 1.19 bits per heavy atom. The SMILES string of the molecule is CC(OC(=O)c1ccc2nncn2c1)C(=O)NC(C)c1ccc(Cl)cc1Cl. The topological polar surface area (TPSA) is 85.6 Å². The largest absolute Gasteiger partial charge is 0.449 e. The summed E-state index contributed by atoms with van der Waals surface area (Å²) in [5.41, 5.74) is 1.60. The highest BCUT2D eigenvalue weighted by Crippen LogP contribution is 2.26. The van der Waals surface area contributed by atoms with Crippen molar-refractivity contribution in [2.45, 2.75) is 26.0 Å². The van der Waals surface area contributed by atoms with Crippen LogP contribution >= 0.6 is 23.2 Å². The summed E-state index contributed by atoms with van der Waals surface area (Å²) >= 11 is 12.0. The molecule has 2 atom stereocenters. The van der Waals surface area contributed by atoms with E-state index in [0.29, 0.717) is 21.3 Å². The van der Waals surface area contributed by atoms with Crippen LogP contribution in [0.15, 0.2) is 42.9 Å². The van der Waals surface area contributed by atoms with Crippen molar-refractivity contribution in [1.82, 2.24) is 19.9 Å². The molecule has 2 unspecified atom stereocenters. The number of nitrogens with one attached hydrogen (secondary N) is 1. The van der Waals surface area contributed by atoms with E-state index in [9.17, 15) is 9.59 Å². The molecule has 0 radical (unpaired) electrons. The summed E-state index contributed by atoms with van der Waals surface area (Å²) in [5, 5.41) is 11.3. The zero-order valence-electron chi connectivity index (χ0n) is 14.5. The molecule has 1 N–H and O–H groups in total. The molecule has 3 rings (SSSR count). The van der Waals surface area contributed by atoms with Crippen molar-refractivity contribution >= 4 is 40.7 Å². The summed E-state index contributed by atoms with van der Waals surface area (Å²) in [6.07, 6.45) is 2.03. The molecule has 9 heteroatoms. The molecule has 0 aliphatic rings. The number of hydrogen-bond donors (Lipinski definition) is 1. The van der Waals surface area contributed by atoms with Gasteiger partial charge in [0.05, 0.1) is 11.6 Å².